The van der Waals surface area contributed by atoms with Crippen LogP contribution >= 0.6 is 0 Å². The minimum atomic E-state index is -0.894. The highest BCUT2D eigenvalue weighted by Crippen LogP contribution is 2.29. The summed E-state index contributed by atoms with van der Waals surface area (Å²) in [5.74, 6) is 0.269. The molecule has 0 atom stereocenters. The molecule has 0 aliphatic heterocycles. The molecule has 0 spiro atoms. The quantitative estimate of drug-likeness (QED) is 0.559. The average molecular weight is 352 g/mol. The molecule has 0 heterocycles. The Bertz CT molecular complexity index is 587. The number of amides is 2. The SMILES string of the molecule is CCCCOc1ccc(OC)cc1NC(=O)NC(C)(C)CCC(=O)O. The van der Waals surface area contributed by atoms with E-state index in [4.69, 9.17) is 14.6 Å². The summed E-state index contributed by atoms with van der Waals surface area (Å²) in [7, 11) is 1.55. The Morgan fingerprint density at radius 2 is 2.00 bits per heavy atom. The molecule has 3 N–H and O–H groups in total. The molecule has 1 aromatic carbocycles. The minimum absolute atomic E-state index is 0.0161. The van der Waals surface area contributed by atoms with Crippen LogP contribution in [0.1, 0.15) is 46.5 Å². The summed E-state index contributed by atoms with van der Waals surface area (Å²) in [4.78, 5) is 23.0. The monoisotopic (exact) mass is 352 g/mol. The molecule has 0 saturated carbocycles. The summed E-state index contributed by atoms with van der Waals surface area (Å²) in [6.45, 7) is 6.19. The molecule has 25 heavy (non-hydrogen) atoms. The first kappa shape index (κ1) is 20.6. The van der Waals surface area contributed by atoms with E-state index in [0.717, 1.165) is 12.8 Å². The number of unbranched alkanes of at least 4 members (excludes halogenated alkanes) is 1. The van der Waals surface area contributed by atoms with E-state index in [1.165, 1.54) is 0 Å². The number of carbonyl (C=O) groups excluding carboxylic acids is 1. The van der Waals surface area contributed by atoms with Gasteiger partial charge < -0.3 is 25.2 Å². The van der Waals surface area contributed by atoms with Crippen molar-refractivity contribution in [2.45, 2.75) is 52.0 Å². The van der Waals surface area contributed by atoms with E-state index in [0.29, 0.717) is 30.2 Å². The molecule has 7 nitrogen and oxygen atoms in total. The molecule has 0 unspecified atom stereocenters. The molecule has 2 amide bonds. The smallest absolute Gasteiger partial charge is 0.319 e. The highest BCUT2D eigenvalue weighted by Gasteiger charge is 2.22. The van der Waals surface area contributed by atoms with Gasteiger partial charge in [0.25, 0.3) is 0 Å². The number of benzene rings is 1. The molecule has 0 radical (unpaired) electrons. The highest BCUT2D eigenvalue weighted by molar-refractivity contribution is 5.91. The second-order valence-electron chi connectivity index (χ2n) is 6.42. The van der Waals surface area contributed by atoms with Crippen LogP contribution in [0.2, 0.25) is 0 Å². The molecule has 0 bridgehead atoms. The highest BCUT2D eigenvalue weighted by atomic mass is 16.5. The summed E-state index contributed by atoms with van der Waals surface area (Å²) in [6, 6.07) is 4.77. The number of anilines is 1. The third-order valence-electron chi connectivity index (χ3n) is 3.61. The Morgan fingerprint density at radius 3 is 2.60 bits per heavy atom. The lowest BCUT2D eigenvalue weighted by molar-refractivity contribution is -0.137. The van der Waals surface area contributed by atoms with Crippen LogP contribution in [0, 0.1) is 0 Å². The van der Waals surface area contributed by atoms with Crippen molar-refractivity contribution in [3.8, 4) is 11.5 Å². The van der Waals surface area contributed by atoms with Crippen LogP contribution in [0.3, 0.4) is 0 Å². The summed E-state index contributed by atoms with van der Waals surface area (Å²) >= 11 is 0. The average Bonchev–Trinajstić information content (AvgIpc) is 2.54. The Kier molecular flexibility index (Phi) is 8.04. The fourth-order valence-electron chi connectivity index (χ4n) is 2.13. The van der Waals surface area contributed by atoms with Gasteiger partial charge in [0.05, 0.1) is 19.4 Å². The number of urea groups is 1. The van der Waals surface area contributed by atoms with E-state index in [1.54, 1.807) is 39.2 Å². The number of carboxylic acids is 1. The first-order valence-corrected chi connectivity index (χ1v) is 8.39. The van der Waals surface area contributed by atoms with Crippen molar-refractivity contribution in [2.24, 2.45) is 0 Å². The van der Waals surface area contributed by atoms with Crippen LogP contribution in [0.15, 0.2) is 18.2 Å². The summed E-state index contributed by atoms with van der Waals surface area (Å²) < 4.78 is 10.9. The molecular formula is C18H28N2O5. The van der Waals surface area contributed by atoms with Crippen molar-refractivity contribution in [3.63, 3.8) is 0 Å². The van der Waals surface area contributed by atoms with E-state index < -0.39 is 17.5 Å². The third-order valence-corrected chi connectivity index (χ3v) is 3.61. The number of hydrogen-bond donors (Lipinski definition) is 3. The first-order valence-electron chi connectivity index (χ1n) is 8.39. The number of aliphatic carboxylic acids is 1. The number of ether oxygens (including phenoxy) is 2. The second kappa shape index (κ2) is 9.76. The van der Waals surface area contributed by atoms with Crippen LogP contribution in [-0.4, -0.2) is 36.4 Å². The van der Waals surface area contributed by atoms with Crippen LogP contribution in [-0.2, 0) is 4.79 Å². The molecule has 1 rings (SSSR count). The second-order valence-corrected chi connectivity index (χ2v) is 6.42. The maximum atomic E-state index is 12.3. The van der Waals surface area contributed by atoms with Gasteiger partial charge in [-0.2, -0.15) is 0 Å². The summed E-state index contributed by atoms with van der Waals surface area (Å²) in [6.07, 6.45) is 2.24. The van der Waals surface area contributed by atoms with Crippen molar-refractivity contribution >= 4 is 17.7 Å². The van der Waals surface area contributed by atoms with Gasteiger partial charge in [-0.15, -0.1) is 0 Å². The lowest BCUT2D eigenvalue weighted by Gasteiger charge is -2.26. The standard InChI is InChI=1S/C18H28N2O5/c1-5-6-11-25-15-8-7-13(24-4)12-14(15)19-17(23)20-18(2,3)10-9-16(21)22/h7-8,12H,5-6,9-11H2,1-4H3,(H,21,22)(H2,19,20,23). The fourth-order valence-corrected chi connectivity index (χ4v) is 2.13. The van der Waals surface area contributed by atoms with Crippen molar-refractivity contribution in [1.82, 2.24) is 5.32 Å². The van der Waals surface area contributed by atoms with Crippen molar-refractivity contribution in [3.05, 3.63) is 18.2 Å². The van der Waals surface area contributed by atoms with Crippen LogP contribution in [0.25, 0.3) is 0 Å². The lowest BCUT2D eigenvalue weighted by atomic mass is 9.99. The van der Waals surface area contributed by atoms with Gasteiger partial charge in [-0.25, -0.2) is 4.79 Å². The molecule has 0 aromatic heterocycles. The zero-order valence-corrected chi connectivity index (χ0v) is 15.3. The van der Waals surface area contributed by atoms with E-state index in [1.807, 2.05) is 0 Å². The van der Waals surface area contributed by atoms with Crippen molar-refractivity contribution in [1.29, 1.82) is 0 Å². The zero-order chi connectivity index (χ0) is 18.9. The van der Waals surface area contributed by atoms with Gasteiger partial charge in [-0.05, 0) is 38.8 Å². The maximum Gasteiger partial charge on any atom is 0.319 e. The Hall–Kier alpha value is -2.44. The van der Waals surface area contributed by atoms with E-state index in [2.05, 4.69) is 17.6 Å². The number of carbonyl (C=O) groups is 2. The topological polar surface area (TPSA) is 96.9 Å². The van der Waals surface area contributed by atoms with E-state index in [-0.39, 0.29) is 6.42 Å². The molecule has 7 heteroatoms. The number of carboxylic acid groups (broad SMARTS) is 1. The number of methoxy groups -OCH3 is 1. The molecule has 0 fully saturated rings. The summed E-state index contributed by atoms with van der Waals surface area (Å²) in [5.41, 5.74) is -0.146. The van der Waals surface area contributed by atoms with Crippen molar-refractivity contribution < 1.29 is 24.2 Å². The molecule has 0 aliphatic carbocycles. The Morgan fingerprint density at radius 1 is 1.28 bits per heavy atom. The maximum absolute atomic E-state index is 12.3. The van der Waals surface area contributed by atoms with Gasteiger partial charge in [-0.1, -0.05) is 13.3 Å². The predicted octanol–water partition coefficient (Wildman–Crippen LogP) is 3.64. The number of hydrogen-bond acceptors (Lipinski definition) is 4. The fraction of sp³-hybridized carbons (Fsp3) is 0.556. The zero-order valence-electron chi connectivity index (χ0n) is 15.3. The van der Waals surface area contributed by atoms with Gasteiger partial charge in [0.15, 0.2) is 0 Å². The van der Waals surface area contributed by atoms with E-state index >= 15 is 0 Å². The molecule has 0 aliphatic rings. The minimum Gasteiger partial charge on any atom is -0.497 e. The number of rotatable bonds is 10. The summed E-state index contributed by atoms with van der Waals surface area (Å²) in [5, 5.41) is 14.3. The van der Waals surface area contributed by atoms with Gasteiger partial charge in [0.1, 0.15) is 11.5 Å². The predicted molar refractivity (Wildman–Crippen MR) is 96.5 cm³/mol. The van der Waals surface area contributed by atoms with Gasteiger partial charge in [-0.3, -0.25) is 4.79 Å². The molecule has 140 valence electrons. The first-order chi connectivity index (χ1) is 11.8. The third kappa shape index (κ3) is 7.78. The van der Waals surface area contributed by atoms with Gasteiger partial charge >= 0.3 is 12.0 Å². The van der Waals surface area contributed by atoms with Gasteiger partial charge in [0.2, 0.25) is 0 Å². The van der Waals surface area contributed by atoms with Crippen LogP contribution in [0.4, 0.5) is 10.5 Å². The molecule has 0 saturated heterocycles. The normalized spacial score (nSPS) is 10.9. The van der Waals surface area contributed by atoms with Crippen molar-refractivity contribution in [2.75, 3.05) is 19.0 Å². The molecule has 1 aromatic rings. The van der Waals surface area contributed by atoms with Crippen LogP contribution in [0.5, 0.6) is 11.5 Å². The van der Waals surface area contributed by atoms with Gasteiger partial charge in [0, 0.05) is 18.0 Å². The number of nitrogens with one attached hydrogen (secondary N) is 2. The Labute approximate surface area is 148 Å². The van der Waals surface area contributed by atoms with E-state index in [9.17, 15) is 9.59 Å². The Balaban J connectivity index is 2.77. The largest absolute Gasteiger partial charge is 0.497 e. The lowest BCUT2D eigenvalue weighted by Crippen LogP contribution is -2.45. The van der Waals surface area contributed by atoms with Crippen LogP contribution < -0.4 is 20.1 Å². The molecular weight excluding hydrogens is 324 g/mol.